The molecule has 1 aromatic carbocycles. The van der Waals surface area contributed by atoms with Crippen LogP contribution in [0.15, 0.2) is 24.3 Å². The van der Waals surface area contributed by atoms with Crippen molar-refractivity contribution in [2.75, 3.05) is 57.4 Å². The number of ether oxygens (including phenoxy) is 1. The average molecular weight is 342 g/mol. The van der Waals surface area contributed by atoms with Crippen LogP contribution >= 0.6 is 0 Å². The zero-order valence-corrected chi connectivity index (χ0v) is 14.9. The minimum atomic E-state index is -0.0842. The SMILES string of the molecule is CC(C(=O)N1CCOCC1)N1CCCN(c2ccc(C#N)cc2)CC1. The van der Waals surface area contributed by atoms with Crippen LogP contribution in [0.4, 0.5) is 5.69 Å². The maximum atomic E-state index is 12.7. The van der Waals surface area contributed by atoms with E-state index in [-0.39, 0.29) is 11.9 Å². The molecule has 2 heterocycles. The van der Waals surface area contributed by atoms with Gasteiger partial charge < -0.3 is 14.5 Å². The highest BCUT2D eigenvalue weighted by Gasteiger charge is 2.28. The Labute approximate surface area is 149 Å². The smallest absolute Gasteiger partial charge is 0.239 e. The Hall–Kier alpha value is -2.10. The topological polar surface area (TPSA) is 59.8 Å². The lowest BCUT2D eigenvalue weighted by atomic mass is 10.2. The third-order valence-electron chi connectivity index (χ3n) is 5.12. The van der Waals surface area contributed by atoms with Crippen molar-refractivity contribution in [3.8, 4) is 6.07 Å². The summed E-state index contributed by atoms with van der Waals surface area (Å²) in [4.78, 5) is 19.3. The minimum absolute atomic E-state index is 0.0842. The molecular weight excluding hydrogens is 316 g/mol. The van der Waals surface area contributed by atoms with Gasteiger partial charge in [0.2, 0.25) is 5.91 Å². The van der Waals surface area contributed by atoms with Crippen LogP contribution in [-0.4, -0.2) is 74.2 Å². The molecule has 0 aliphatic carbocycles. The minimum Gasteiger partial charge on any atom is -0.378 e. The quantitative estimate of drug-likeness (QED) is 0.829. The van der Waals surface area contributed by atoms with E-state index in [1.54, 1.807) is 0 Å². The van der Waals surface area contributed by atoms with E-state index in [1.807, 2.05) is 36.1 Å². The molecule has 2 aliphatic heterocycles. The third kappa shape index (κ3) is 4.30. The number of hydrogen-bond acceptors (Lipinski definition) is 5. The Bertz CT molecular complexity index is 619. The van der Waals surface area contributed by atoms with Crippen LogP contribution in [0.5, 0.6) is 0 Å². The van der Waals surface area contributed by atoms with Gasteiger partial charge in [0, 0.05) is 45.0 Å². The largest absolute Gasteiger partial charge is 0.378 e. The number of carbonyl (C=O) groups excluding carboxylic acids is 1. The monoisotopic (exact) mass is 342 g/mol. The number of morpholine rings is 1. The first-order valence-electron chi connectivity index (χ1n) is 9.05. The van der Waals surface area contributed by atoms with E-state index in [2.05, 4.69) is 15.9 Å². The van der Waals surface area contributed by atoms with E-state index in [1.165, 1.54) is 0 Å². The van der Waals surface area contributed by atoms with Gasteiger partial charge in [0.05, 0.1) is 30.9 Å². The molecule has 134 valence electrons. The summed E-state index contributed by atoms with van der Waals surface area (Å²) in [6.07, 6.45) is 1.03. The summed E-state index contributed by atoms with van der Waals surface area (Å²) >= 11 is 0. The fourth-order valence-corrected chi connectivity index (χ4v) is 3.53. The van der Waals surface area contributed by atoms with E-state index in [9.17, 15) is 4.79 Å². The highest BCUT2D eigenvalue weighted by Crippen LogP contribution is 2.18. The zero-order valence-electron chi connectivity index (χ0n) is 14.9. The summed E-state index contributed by atoms with van der Waals surface area (Å²) in [6.45, 7) is 8.39. The zero-order chi connectivity index (χ0) is 17.6. The predicted octanol–water partition coefficient (Wildman–Crippen LogP) is 1.32. The van der Waals surface area contributed by atoms with Crippen molar-refractivity contribution in [2.24, 2.45) is 0 Å². The number of nitrogens with zero attached hydrogens (tertiary/aromatic N) is 4. The molecule has 1 aromatic rings. The second-order valence-electron chi connectivity index (χ2n) is 6.65. The third-order valence-corrected chi connectivity index (χ3v) is 5.12. The van der Waals surface area contributed by atoms with Crippen molar-refractivity contribution in [3.63, 3.8) is 0 Å². The molecule has 1 atom stereocenters. The van der Waals surface area contributed by atoms with Gasteiger partial charge in [0.1, 0.15) is 0 Å². The average Bonchev–Trinajstić information content (AvgIpc) is 2.94. The predicted molar refractivity (Wildman–Crippen MR) is 96.4 cm³/mol. The van der Waals surface area contributed by atoms with Crippen molar-refractivity contribution in [1.29, 1.82) is 5.26 Å². The molecule has 2 fully saturated rings. The molecule has 6 nitrogen and oxygen atoms in total. The van der Waals surface area contributed by atoms with Crippen LogP contribution in [0.3, 0.4) is 0 Å². The maximum Gasteiger partial charge on any atom is 0.239 e. The molecule has 0 aromatic heterocycles. The second-order valence-corrected chi connectivity index (χ2v) is 6.65. The van der Waals surface area contributed by atoms with Gasteiger partial charge in [0.15, 0.2) is 0 Å². The van der Waals surface area contributed by atoms with E-state index in [4.69, 9.17) is 10.00 Å². The molecule has 0 spiro atoms. The first-order chi connectivity index (χ1) is 12.2. The van der Waals surface area contributed by atoms with Crippen LogP contribution in [0.2, 0.25) is 0 Å². The number of hydrogen-bond donors (Lipinski definition) is 0. The lowest BCUT2D eigenvalue weighted by Gasteiger charge is -2.34. The number of benzene rings is 1. The van der Waals surface area contributed by atoms with Gasteiger partial charge in [-0.15, -0.1) is 0 Å². The number of rotatable bonds is 3. The lowest BCUT2D eigenvalue weighted by molar-refractivity contribution is -0.140. The highest BCUT2D eigenvalue weighted by molar-refractivity contribution is 5.81. The van der Waals surface area contributed by atoms with Crippen LogP contribution in [0.25, 0.3) is 0 Å². The van der Waals surface area contributed by atoms with Gasteiger partial charge >= 0.3 is 0 Å². The Morgan fingerprint density at radius 1 is 1.08 bits per heavy atom. The highest BCUT2D eigenvalue weighted by atomic mass is 16.5. The van der Waals surface area contributed by atoms with Crippen LogP contribution < -0.4 is 4.90 Å². The molecule has 0 bridgehead atoms. The summed E-state index contributed by atoms with van der Waals surface area (Å²) in [5.74, 6) is 0.218. The fourth-order valence-electron chi connectivity index (χ4n) is 3.53. The van der Waals surface area contributed by atoms with E-state index < -0.39 is 0 Å². The van der Waals surface area contributed by atoms with Crippen molar-refractivity contribution in [2.45, 2.75) is 19.4 Å². The van der Waals surface area contributed by atoms with Gasteiger partial charge in [-0.1, -0.05) is 0 Å². The summed E-state index contributed by atoms with van der Waals surface area (Å²) in [7, 11) is 0. The Morgan fingerprint density at radius 3 is 2.48 bits per heavy atom. The normalized spacial score (nSPS) is 20.6. The van der Waals surface area contributed by atoms with Crippen LogP contribution in [0, 0.1) is 11.3 Å². The molecule has 6 heteroatoms. The second kappa shape index (κ2) is 8.32. The number of anilines is 1. The summed E-state index contributed by atoms with van der Waals surface area (Å²) in [5.41, 5.74) is 1.83. The van der Waals surface area contributed by atoms with Crippen molar-refractivity contribution in [1.82, 2.24) is 9.80 Å². The Balaban J connectivity index is 1.58. The first kappa shape index (κ1) is 17.7. The van der Waals surface area contributed by atoms with Gasteiger partial charge in [-0.25, -0.2) is 0 Å². The van der Waals surface area contributed by atoms with Crippen molar-refractivity contribution >= 4 is 11.6 Å². The van der Waals surface area contributed by atoms with Gasteiger partial charge in [-0.3, -0.25) is 9.69 Å². The molecule has 2 saturated heterocycles. The maximum absolute atomic E-state index is 12.7. The van der Waals surface area contributed by atoms with Crippen LogP contribution in [-0.2, 0) is 9.53 Å². The molecule has 0 N–H and O–H groups in total. The van der Waals surface area contributed by atoms with Gasteiger partial charge in [0.25, 0.3) is 0 Å². The van der Waals surface area contributed by atoms with E-state index in [0.29, 0.717) is 31.9 Å². The molecule has 2 aliphatic rings. The van der Waals surface area contributed by atoms with E-state index >= 15 is 0 Å². The summed E-state index contributed by atoms with van der Waals surface area (Å²) in [6, 6.07) is 9.82. The fraction of sp³-hybridized carbons (Fsp3) is 0.579. The molecule has 3 rings (SSSR count). The number of nitriles is 1. The Kier molecular flexibility index (Phi) is 5.90. The van der Waals surface area contributed by atoms with Crippen molar-refractivity contribution < 1.29 is 9.53 Å². The summed E-state index contributed by atoms with van der Waals surface area (Å²) < 4.78 is 5.34. The molecule has 1 amide bonds. The first-order valence-corrected chi connectivity index (χ1v) is 9.05. The summed E-state index contributed by atoms with van der Waals surface area (Å²) in [5, 5.41) is 8.93. The van der Waals surface area contributed by atoms with Crippen molar-refractivity contribution in [3.05, 3.63) is 29.8 Å². The molecule has 0 radical (unpaired) electrons. The molecular formula is C19H26N4O2. The van der Waals surface area contributed by atoms with Gasteiger partial charge in [-0.2, -0.15) is 5.26 Å². The van der Waals surface area contributed by atoms with E-state index in [0.717, 1.165) is 38.3 Å². The lowest BCUT2D eigenvalue weighted by Crippen LogP contribution is -2.51. The Morgan fingerprint density at radius 2 is 1.80 bits per heavy atom. The van der Waals surface area contributed by atoms with Gasteiger partial charge in [-0.05, 0) is 37.6 Å². The standard InChI is InChI=1S/C19H26N4O2/c1-16(19(24)23-11-13-25-14-12-23)21-7-2-8-22(10-9-21)18-5-3-17(15-20)4-6-18/h3-6,16H,2,7-14H2,1H3. The molecule has 0 saturated carbocycles. The molecule has 1 unspecified atom stereocenters. The molecule has 25 heavy (non-hydrogen) atoms. The number of amides is 1. The van der Waals surface area contributed by atoms with Crippen LogP contribution in [0.1, 0.15) is 18.9 Å². The number of carbonyl (C=O) groups is 1.